The lowest BCUT2D eigenvalue weighted by molar-refractivity contribution is 0.459. The monoisotopic (exact) mass is 193 g/mol. The van der Waals surface area contributed by atoms with E-state index in [-0.39, 0.29) is 0 Å². The van der Waals surface area contributed by atoms with Crippen molar-refractivity contribution in [2.24, 2.45) is 18.9 Å². The van der Waals surface area contributed by atoms with Crippen molar-refractivity contribution in [3.8, 4) is 0 Å². The van der Waals surface area contributed by atoms with E-state index in [0.717, 1.165) is 30.6 Å². The van der Waals surface area contributed by atoms with Gasteiger partial charge in [0, 0.05) is 19.8 Å². The van der Waals surface area contributed by atoms with Gasteiger partial charge in [-0.3, -0.25) is 4.68 Å². The number of hydrogen-bond acceptors (Lipinski definition) is 2. The Morgan fingerprint density at radius 3 is 3.00 bits per heavy atom. The molecule has 1 heterocycles. The molecule has 1 saturated carbocycles. The zero-order valence-electron chi connectivity index (χ0n) is 9.03. The highest BCUT2D eigenvalue weighted by molar-refractivity contribution is 4.98. The third-order valence-electron chi connectivity index (χ3n) is 2.97. The van der Waals surface area contributed by atoms with Gasteiger partial charge in [0.25, 0.3) is 0 Å². The van der Waals surface area contributed by atoms with Crippen molar-refractivity contribution in [1.82, 2.24) is 15.1 Å². The highest BCUT2D eigenvalue weighted by atomic mass is 15.3. The molecular weight excluding hydrogens is 174 g/mol. The number of hydrogen-bond donors (Lipinski definition) is 1. The van der Waals surface area contributed by atoms with E-state index in [1.165, 1.54) is 12.8 Å². The Balaban J connectivity index is 1.67. The van der Waals surface area contributed by atoms with E-state index < -0.39 is 0 Å². The minimum absolute atomic E-state index is 0.832. The van der Waals surface area contributed by atoms with Gasteiger partial charge in [-0.25, -0.2) is 0 Å². The Labute approximate surface area is 85.5 Å². The van der Waals surface area contributed by atoms with Gasteiger partial charge in [0.1, 0.15) is 0 Å². The molecule has 0 aromatic carbocycles. The van der Waals surface area contributed by atoms with Crippen LogP contribution in [0.2, 0.25) is 0 Å². The van der Waals surface area contributed by atoms with Crippen molar-refractivity contribution in [3.63, 3.8) is 0 Å². The molecule has 14 heavy (non-hydrogen) atoms. The second kappa shape index (κ2) is 4.13. The average molecular weight is 193 g/mol. The molecule has 0 amide bonds. The number of aromatic nitrogens is 2. The first-order valence-corrected chi connectivity index (χ1v) is 5.45. The molecule has 0 radical (unpaired) electrons. The number of rotatable bonds is 5. The van der Waals surface area contributed by atoms with Crippen LogP contribution in [0, 0.1) is 11.8 Å². The fourth-order valence-electron chi connectivity index (χ4n) is 1.82. The second-order valence-electron chi connectivity index (χ2n) is 4.43. The summed E-state index contributed by atoms with van der Waals surface area (Å²) in [6, 6.07) is 2.06. The van der Waals surface area contributed by atoms with Gasteiger partial charge in [-0.15, -0.1) is 0 Å². The Kier molecular flexibility index (Phi) is 2.87. The van der Waals surface area contributed by atoms with Crippen molar-refractivity contribution in [2.45, 2.75) is 26.3 Å². The fourth-order valence-corrected chi connectivity index (χ4v) is 1.82. The van der Waals surface area contributed by atoms with E-state index in [4.69, 9.17) is 0 Å². The Morgan fingerprint density at radius 2 is 2.43 bits per heavy atom. The molecule has 1 aromatic heterocycles. The number of aryl methyl sites for hydroxylation is 1. The van der Waals surface area contributed by atoms with Crippen LogP contribution in [-0.2, 0) is 13.6 Å². The minimum Gasteiger partial charge on any atom is -0.311 e. The molecule has 0 saturated heterocycles. The summed E-state index contributed by atoms with van der Waals surface area (Å²) in [6.45, 7) is 4.36. The molecule has 0 spiro atoms. The van der Waals surface area contributed by atoms with Gasteiger partial charge in [0.15, 0.2) is 0 Å². The van der Waals surface area contributed by atoms with Crippen molar-refractivity contribution in [3.05, 3.63) is 18.0 Å². The van der Waals surface area contributed by atoms with Crippen LogP contribution >= 0.6 is 0 Å². The van der Waals surface area contributed by atoms with E-state index in [1.54, 1.807) is 0 Å². The number of nitrogens with one attached hydrogen (secondary N) is 1. The highest BCUT2D eigenvalue weighted by Gasteiger charge is 2.27. The van der Waals surface area contributed by atoms with E-state index in [2.05, 4.69) is 23.4 Å². The minimum atomic E-state index is 0.832. The first kappa shape index (κ1) is 9.71. The Bertz CT molecular complexity index is 288. The lowest BCUT2D eigenvalue weighted by Crippen LogP contribution is -2.22. The molecule has 1 aromatic rings. The summed E-state index contributed by atoms with van der Waals surface area (Å²) in [7, 11) is 1.95. The third kappa shape index (κ3) is 2.58. The van der Waals surface area contributed by atoms with E-state index in [0.29, 0.717) is 0 Å². The van der Waals surface area contributed by atoms with E-state index >= 15 is 0 Å². The van der Waals surface area contributed by atoms with Gasteiger partial charge >= 0.3 is 0 Å². The van der Waals surface area contributed by atoms with Crippen LogP contribution in [0.1, 0.15) is 25.5 Å². The Hall–Kier alpha value is -0.830. The molecule has 1 fully saturated rings. The molecule has 1 atom stereocenters. The van der Waals surface area contributed by atoms with Crippen molar-refractivity contribution in [2.75, 3.05) is 6.54 Å². The summed E-state index contributed by atoms with van der Waals surface area (Å²) < 4.78 is 1.85. The largest absolute Gasteiger partial charge is 0.311 e. The van der Waals surface area contributed by atoms with Crippen LogP contribution in [0.25, 0.3) is 0 Å². The Morgan fingerprint density at radius 1 is 1.64 bits per heavy atom. The van der Waals surface area contributed by atoms with Crippen LogP contribution in [0.4, 0.5) is 0 Å². The fraction of sp³-hybridized carbons (Fsp3) is 0.727. The maximum atomic E-state index is 4.32. The maximum Gasteiger partial charge on any atom is 0.0762 e. The molecule has 1 aliphatic carbocycles. The zero-order chi connectivity index (χ0) is 9.97. The molecule has 78 valence electrons. The maximum absolute atomic E-state index is 4.32. The summed E-state index contributed by atoms with van der Waals surface area (Å²) >= 11 is 0. The predicted molar refractivity (Wildman–Crippen MR) is 56.8 cm³/mol. The lowest BCUT2D eigenvalue weighted by Gasteiger charge is -2.09. The molecule has 1 N–H and O–H groups in total. The number of nitrogens with zero attached hydrogens (tertiary/aromatic N) is 2. The summed E-state index contributed by atoms with van der Waals surface area (Å²) in [4.78, 5) is 0. The van der Waals surface area contributed by atoms with Gasteiger partial charge in [-0.05, 0) is 37.3 Å². The smallest absolute Gasteiger partial charge is 0.0762 e. The topological polar surface area (TPSA) is 29.9 Å². The van der Waals surface area contributed by atoms with Crippen LogP contribution in [0.5, 0.6) is 0 Å². The molecule has 0 aliphatic heterocycles. The van der Waals surface area contributed by atoms with Crippen molar-refractivity contribution < 1.29 is 0 Å². The molecule has 2 rings (SSSR count). The van der Waals surface area contributed by atoms with E-state index in [1.807, 2.05) is 17.9 Å². The average Bonchev–Trinajstić information content (AvgIpc) is 2.92. The molecular formula is C11H19N3. The molecule has 3 nitrogen and oxygen atoms in total. The van der Waals surface area contributed by atoms with Gasteiger partial charge in [0.2, 0.25) is 0 Å². The van der Waals surface area contributed by atoms with Gasteiger partial charge in [-0.1, -0.05) is 6.92 Å². The second-order valence-corrected chi connectivity index (χ2v) is 4.43. The van der Waals surface area contributed by atoms with Crippen LogP contribution in [0.15, 0.2) is 12.3 Å². The zero-order valence-corrected chi connectivity index (χ0v) is 9.03. The summed E-state index contributed by atoms with van der Waals surface area (Å²) in [5.41, 5.74) is 1.13. The normalized spacial score (nSPS) is 18.4. The van der Waals surface area contributed by atoms with Crippen LogP contribution < -0.4 is 5.32 Å². The first-order chi connectivity index (χ1) is 6.75. The lowest BCUT2D eigenvalue weighted by atomic mass is 10.1. The van der Waals surface area contributed by atoms with Gasteiger partial charge in [0.05, 0.1) is 5.69 Å². The summed E-state index contributed by atoms with van der Waals surface area (Å²) in [5, 5.41) is 7.78. The first-order valence-electron chi connectivity index (χ1n) is 5.45. The third-order valence-corrected chi connectivity index (χ3v) is 2.97. The van der Waals surface area contributed by atoms with Crippen molar-refractivity contribution >= 4 is 0 Å². The predicted octanol–water partition coefficient (Wildman–Crippen LogP) is 1.56. The van der Waals surface area contributed by atoms with Gasteiger partial charge in [-0.2, -0.15) is 5.10 Å². The SMILES string of the molecule is CC(CNCc1ccn(C)n1)C1CC1. The van der Waals surface area contributed by atoms with Crippen LogP contribution in [-0.4, -0.2) is 16.3 Å². The highest BCUT2D eigenvalue weighted by Crippen LogP contribution is 2.36. The molecule has 1 unspecified atom stereocenters. The molecule has 1 aliphatic rings. The summed E-state index contributed by atoms with van der Waals surface area (Å²) in [5.74, 6) is 1.82. The molecule has 0 bridgehead atoms. The standard InChI is InChI=1S/C11H19N3/c1-9(10-3-4-10)7-12-8-11-5-6-14(2)13-11/h5-6,9-10,12H,3-4,7-8H2,1-2H3. The quantitative estimate of drug-likeness (QED) is 0.769. The summed E-state index contributed by atoms with van der Waals surface area (Å²) in [6.07, 6.45) is 4.86. The van der Waals surface area contributed by atoms with Crippen molar-refractivity contribution in [1.29, 1.82) is 0 Å². The van der Waals surface area contributed by atoms with Gasteiger partial charge < -0.3 is 5.32 Å². The van der Waals surface area contributed by atoms with Crippen LogP contribution in [0.3, 0.4) is 0 Å². The van der Waals surface area contributed by atoms with E-state index in [9.17, 15) is 0 Å². The molecule has 3 heteroatoms.